The van der Waals surface area contributed by atoms with Crippen LogP contribution < -0.4 is 23.7 Å². The Morgan fingerprint density at radius 2 is 1.52 bits per heavy atom. The minimum absolute atomic E-state index is 0.533. The van der Waals surface area contributed by atoms with Gasteiger partial charge >= 0.3 is 0 Å². The summed E-state index contributed by atoms with van der Waals surface area (Å²) in [5.74, 6) is 4.01. The molecule has 122 valence electrons. The third-order valence-electron chi connectivity index (χ3n) is 4.00. The predicted octanol–water partition coefficient (Wildman–Crippen LogP) is 3.61. The van der Waals surface area contributed by atoms with Crippen LogP contribution in [-0.4, -0.2) is 28.4 Å². The molecule has 1 heterocycles. The maximum atomic E-state index is 6.15. The lowest BCUT2D eigenvalue weighted by molar-refractivity contribution is 0.312. The van der Waals surface area contributed by atoms with Crippen molar-refractivity contribution in [3.05, 3.63) is 35.4 Å². The fourth-order valence-corrected chi connectivity index (χ4v) is 2.84. The molecular weight excluding hydrogens is 296 g/mol. The molecule has 5 nitrogen and oxygen atoms in total. The van der Waals surface area contributed by atoms with Gasteiger partial charge in [0.15, 0.2) is 11.5 Å². The summed E-state index contributed by atoms with van der Waals surface area (Å²) in [5, 5.41) is 0. The normalized spacial score (nSPS) is 12.3. The molecule has 0 radical (unpaired) electrons. The van der Waals surface area contributed by atoms with Crippen molar-refractivity contribution in [2.45, 2.75) is 12.8 Å². The average molecular weight is 316 g/mol. The molecule has 5 heteroatoms. The number of hydrogen-bond donors (Lipinski definition) is 0. The molecule has 1 aliphatic heterocycles. The molecule has 0 bridgehead atoms. The van der Waals surface area contributed by atoms with Gasteiger partial charge in [0, 0.05) is 5.56 Å². The zero-order valence-electron chi connectivity index (χ0n) is 13.8. The summed E-state index contributed by atoms with van der Waals surface area (Å²) < 4.78 is 27.8. The van der Waals surface area contributed by atoms with Crippen LogP contribution in [0.1, 0.15) is 11.1 Å². The van der Waals surface area contributed by atoms with E-state index in [4.69, 9.17) is 23.7 Å². The summed E-state index contributed by atoms with van der Waals surface area (Å²) in [4.78, 5) is 0. The number of methoxy groups -OCH3 is 4. The highest BCUT2D eigenvalue weighted by atomic mass is 16.5. The fraction of sp³-hybridized carbons (Fsp3) is 0.333. The first-order valence-electron chi connectivity index (χ1n) is 7.38. The number of ether oxygens (including phenoxy) is 5. The molecule has 0 fully saturated rings. The topological polar surface area (TPSA) is 46.2 Å². The van der Waals surface area contributed by atoms with E-state index in [1.165, 1.54) is 0 Å². The molecule has 3 rings (SSSR count). The van der Waals surface area contributed by atoms with Crippen molar-refractivity contribution in [2.24, 2.45) is 0 Å². The molecule has 0 saturated carbocycles. The van der Waals surface area contributed by atoms with E-state index in [-0.39, 0.29) is 0 Å². The van der Waals surface area contributed by atoms with Gasteiger partial charge in [0.25, 0.3) is 0 Å². The van der Waals surface area contributed by atoms with Crippen LogP contribution in [0.15, 0.2) is 24.3 Å². The second-order valence-electron chi connectivity index (χ2n) is 5.21. The van der Waals surface area contributed by atoms with Crippen LogP contribution in [0.4, 0.5) is 0 Å². The average Bonchev–Trinajstić information content (AvgIpc) is 2.78. The Kier molecular flexibility index (Phi) is 4.19. The van der Waals surface area contributed by atoms with Crippen LogP contribution in [0.5, 0.6) is 34.5 Å². The maximum absolute atomic E-state index is 6.15. The molecule has 0 unspecified atom stereocenters. The zero-order valence-corrected chi connectivity index (χ0v) is 13.8. The van der Waals surface area contributed by atoms with Gasteiger partial charge in [-0.05, 0) is 42.7 Å². The third kappa shape index (κ3) is 2.63. The van der Waals surface area contributed by atoms with Gasteiger partial charge in [0.05, 0.1) is 28.4 Å². The zero-order chi connectivity index (χ0) is 16.4. The minimum Gasteiger partial charge on any atom is -0.497 e. The molecule has 2 aromatic carbocycles. The number of benzene rings is 2. The maximum Gasteiger partial charge on any atom is 0.208 e. The van der Waals surface area contributed by atoms with Crippen molar-refractivity contribution in [1.82, 2.24) is 0 Å². The summed E-state index contributed by atoms with van der Waals surface area (Å²) in [7, 11) is 6.46. The highest BCUT2D eigenvalue weighted by Crippen LogP contribution is 2.50. The molecule has 0 aliphatic carbocycles. The van der Waals surface area contributed by atoms with Crippen molar-refractivity contribution in [2.75, 3.05) is 28.4 Å². The van der Waals surface area contributed by atoms with Gasteiger partial charge < -0.3 is 23.7 Å². The summed E-state index contributed by atoms with van der Waals surface area (Å²) in [6.07, 6.45) is 1.66. The number of hydrogen-bond acceptors (Lipinski definition) is 5. The highest BCUT2D eigenvalue weighted by Gasteiger charge is 2.25. The van der Waals surface area contributed by atoms with Crippen molar-refractivity contribution >= 4 is 0 Å². The Morgan fingerprint density at radius 3 is 2.17 bits per heavy atom. The molecule has 23 heavy (non-hydrogen) atoms. The Balaban J connectivity index is 2.13. The van der Waals surface area contributed by atoms with Crippen molar-refractivity contribution in [3.8, 4) is 34.5 Å². The Morgan fingerprint density at radius 1 is 0.783 bits per heavy atom. The van der Waals surface area contributed by atoms with Crippen LogP contribution in [0, 0.1) is 0 Å². The minimum atomic E-state index is 0.533. The van der Waals surface area contributed by atoms with Crippen LogP contribution in [-0.2, 0) is 12.8 Å². The van der Waals surface area contributed by atoms with Gasteiger partial charge in [-0.1, -0.05) is 0 Å². The van der Waals surface area contributed by atoms with Crippen molar-refractivity contribution < 1.29 is 23.7 Å². The van der Waals surface area contributed by atoms with Gasteiger partial charge in [-0.15, -0.1) is 0 Å². The summed E-state index contributed by atoms with van der Waals surface area (Å²) in [6.45, 7) is 0. The lowest BCUT2D eigenvalue weighted by atomic mass is 10.0. The first-order valence-corrected chi connectivity index (χ1v) is 7.38. The van der Waals surface area contributed by atoms with E-state index >= 15 is 0 Å². The molecule has 0 N–H and O–H groups in total. The monoisotopic (exact) mass is 316 g/mol. The Hall–Kier alpha value is -2.56. The van der Waals surface area contributed by atoms with Crippen molar-refractivity contribution in [3.63, 3.8) is 0 Å². The molecule has 0 spiro atoms. The molecule has 0 amide bonds. The van der Waals surface area contributed by atoms with Gasteiger partial charge in [-0.3, -0.25) is 0 Å². The number of aryl methyl sites for hydroxylation is 2. The van der Waals surface area contributed by atoms with Gasteiger partial charge in [0.1, 0.15) is 11.5 Å². The van der Waals surface area contributed by atoms with Gasteiger partial charge in [-0.2, -0.15) is 0 Å². The lowest BCUT2D eigenvalue weighted by Gasteiger charge is -2.18. The molecule has 1 aliphatic rings. The van der Waals surface area contributed by atoms with E-state index in [1.807, 2.05) is 24.3 Å². The lowest BCUT2D eigenvalue weighted by Crippen LogP contribution is -2.00. The molecule has 0 aromatic heterocycles. The van der Waals surface area contributed by atoms with E-state index in [0.717, 1.165) is 35.5 Å². The van der Waals surface area contributed by atoms with Gasteiger partial charge in [-0.25, -0.2) is 0 Å². The van der Waals surface area contributed by atoms with Crippen LogP contribution in [0.2, 0.25) is 0 Å². The third-order valence-corrected chi connectivity index (χ3v) is 4.00. The summed E-state index contributed by atoms with van der Waals surface area (Å²) in [5.41, 5.74) is 2.12. The fourth-order valence-electron chi connectivity index (χ4n) is 2.84. The Bertz CT molecular complexity index is 724. The number of fused-ring (bicyclic) bond motifs is 2. The molecule has 2 aromatic rings. The number of rotatable bonds is 4. The first kappa shape index (κ1) is 15.3. The quantitative estimate of drug-likeness (QED) is 0.862. The van der Waals surface area contributed by atoms with E-state index in [0.29, 0.717) is 23.0 Å². The van der Waals surface area contributed by atoms with Gasteiger partial charge in [0.2, 0.25) is 11.5 Å². The standard InChI is InChI=1S/C18H20O5/c1-19-13-7-8-14-11(9-13)5-6-12-10-15(20-2)17(21-3)18(22-4)16(12)23-14/h7-10H,5-6H2,1-4H3. The first-order chi connectivity index (χ1) is 11.2. The summed E-state index contributed by atoms with van der Waals surface area (Å²) >= 11 is 0. The van der Waals surface area contributed by atoms with Crippen LogP contribution in [0.3, 0.4) is 0 Å². The molecule has 0 saturated heterocycles. The van der Waals surface area contributed by atoms with Crippen molar-refractivity contribution in [1.29, 1.82) is 0 Å². The second-order valence-corrected chi connectivity index (χ2v) is 5.21. The Labute approximate surface area is 135 Å². The SMILES string of the molecule is COc1ccc2c(c1)CCc1cc(OC)c(OC)c(OC)c1O2. The predicted molar refractivity (Wildman–Crippen MR) is 86.6 cm³/mol. The smallest absolute Gasteiger partial charge is 0.208 e. The van der Waals surface area contributed by atoms with Crippen LogP contribution in [0.25, 0.3) is 0 Å². The van der Waals surface area contributed by atoms with Crippen LogP contribution >= 0.6 is 0 Å². The van der Waals surface area contributed by atoms with E-state index in [2.05, 4.69) is 0 Å². The van der Waals surface area contributed by atoms with E-state index in [1.54, 1.807) is 28.4 Å². The molecular formula is C18H20O5. The highest BCUT2D eigenvalue weighted by molar-refractivity contribution is 5.65. The van der Waals surface area contributed by atoms with E-state index < -0.39 is 0 Å². The summed E-state index contributed by atoms with van der Waals surface area (Å²) in [6, 6.07) is 7.75. The van der Waals surface area contributed by atoms with E-state index in [9.17, 15) is 0 Å². The largest absolute Gasteiger partial charge is 0.497 e. The second kappa shape index (κ2) is 6.28. The molecule has 0 atom stereocenters.